The minimum absolute atomic E-state index is 0. The topological polar surface area (TPSA) is 41.6 Å². The maximum absolute atomic E-state index is 12.6. The number of rotatable bonds is 3. The quantitative estimate of drug-likeness (QED) is 0.915. The van der Waals surface area contributed by atoms with Gasteiger partial charge in [-0.1, -0.05) is 6.07 Å². The van der Waals surface area contributed by atoms with Crippen molar-refractivity contribution in [3.8, 4) is 5.75 Å². The standard InChI is InChI=1S/C16H20F2N2O2.ClH/c17-16(18)22-14-3-1-2-11(8-14)15(21)20-6-4-12-9-19-10-13(12)5-7-20;/h1-3,8,12-13,16,19H,4-7,9-10H2;1H/t12-,13+;. The molecule has 2 aliphatic rings. The third-order valence-electron chi connectivity index (χ3n) is 4.61. The number of benzene rings is 1. The molecule has 2 atom stereocenters. The van der Waals surface area contributed by atoms with Gasteiger partial charge in [0.05, 0.1) is 0 Å². The number of carbonyl (C=O) groups is 1. The Labute approximate surface area is 140 Å². The molecule has 0 aromatic heterocycles. The Hall–Kier alpha value is -1.40. The Kier molecular flexibility index (Phi) is 6.18. The van der Waals surface area contributed by atoms with E-state index in [1.54, 1.807) is 12.1 Å². The Balaban J connectivity index is 0.00000192. The number of nitrogens with zero attached hydrogens (tertiary/aromatic N) is 1. The van der Waals surface area contributed by atoms with Crippen LogP contribution in [0.4, 0.5) is 8.78 Å². The zero-order chi connectivity index (χ0) is 15.5. The molecule has 2 fully saturated rings. The van der Waals surface area contributed by atoms with Crippen LogP contribution >= 0.6 is 12.4 Å². The van der Waals surface area contributed by atoms with Crippen LogP contribution < -0.4 is 10.1 Å². The monoisotopic (exact) mass is 346 g/mol. The van der Waals surface area contributed by atoms with E-state index in [9.17, 15) is 13.6 Å². The molecule has 0 bridgehead atoms. The fraction of sp³-hybridized carbons (Fsp3) is 0.562. The van der Waals surface area contributed by atoms with E-state index >= 15 is 0 Å². The van der Waals surface area contributed by atoms with Crippen LogP contribution in [0, 0.1) is 11.8 Å². The fourth-order valence-corrected chi connectivity index (χ4v) is 3.41. The summed E-state index contributed by atoms with van der Waals surface area (Å²) in [5, 5.41) is 3.40. The molecule has 3 rings (SSSR count). The van der Waals surface area contributed by atoms with Crippen molar-refractivity contribution in [2.24, 2.45) is 11.8 Å². The van der Waals surface area contributed by atoms with Crippen LogP contribution in [0.5, 0.6) is 5.75 Å². The summed E-state index contributed by atoms with van der Waals surface area (Å²) in [5.74, 6) is 1.21. The molecule has 4 nitrogen and oxygen atoms in total. The fourth-order valence-electron chi connectivity index (χ4n) is 3.41. The number of ether oxygens (including phenoxy) is 1. The molecule has 2 aliphatic heterocycles. The second-order valence-electron chi connectivity index (χ2n) is 5.95. The lowest BCUT2D eigenvalue weighted by atomic mass is 9.92. The van der Waals surface area contributed by atoms with Crippen molar-refractivity contribution in [2.75, 3.05) is 26.2 Å². The maximum Gasteiger partial charge on any atom is 0.387 e. The first-order valence-electron chi connectivity index (χ1n) is 7.68. The highest BCUT2D eigenvalue weighted by molar-refractivity contribution is 5.94. The molecule has 23 heavy (non-hydrogen) atoms. The van der Waals surface area contributed by atoms with Crippen molar-refractivity contribution in [1.82, 2.24) is 10.2 Å². The SMILES string of the molecule is Cl.O=C(c1cccc(OC(F)F)c1)N1CC[C@@H]2CNC[C@@H]2CC1. The van der Waals surface area contributed by atoms with Crippen LogP contribution in [0.1, 0.15) is 23.2 Å². The molecule has 1 aromatic carbocycles. The first-order chi connectivity index (χ1) is 10.6. The van der Waals surface area contributed by atoms with Crippen LogP contribution in [0.15, 0.2) is 24.3 Å². The molecular weight excluding hydrogens is 326 g/mol. The number of hydrogen-bond donors (Lipinski definition) is 1. The van der Waals surface area contributed by atoms with Gasteiger partial charge < -0.3 is 15.0 Å². The summed E-state index contributed by atoms with van der Waals surface area (Å²) >= 11 is 0. The van der Waals surface area contributed by atoms with Gasteiger partial charge in [-0.2, -0.15) is 8.78 Å². The number of halogens is 3. The molecule has 0 unspecified atom stereocenters. The number of nitrogens with one attached hydrogen (secondary N) is 1. The molecule has 128 valence electrons. The number of hydrogen-bond acceptors (Lipinski definition) is 3. The van der Waals surface area contributed by atoms with E-state index in [0.29, 0.717) is 17.4 Å². The first kappa shape index (κ1) is 17.9. The van der Waals surface area contributed by atoms with Crippen LogP contribution in [0.3, 0.4) is 0 Å². The smallest absolute Gasteiger partial charge is 0.387 e. The van der Waals surface area contributed by atoms with Crippen molar-refractivity contribution >= 4 is 18.3 Å². The van der Waals surface area contributed by atoms with E-state index < -0.39 is 6.61 Å². The van der Waals surface area contributed by atoms with Gasteiger partial charge in [0.1, 0.15) is 5.75 Å². The summed E-state index contributed by atoms with van der Waals surface area (Å²) in [6.07, 6.45) is 1.99. The third-order valence-corrected chi connectivity index (χ3v) is 4.61. The van der Waals surface area contributed by atoms with Gasteiger partial charge in [-0.15, -0.1) is 12.4 Å². The largest absolute Gasteiger partial charge is 0.435 e. The van der Waals surface area contributed by atoms with E-state index in [1.165, 1.54) is 12.1 Å². The predicted molar refractivity (Wildman–Crippen MR) is 85.3 cm³/mol. The number of alkyl halides is 2. The molecule has 2 heterocycles. The normalized spacial score (nSPS) is 23.9. The Morgan fingerprint density at radius 3 is 2.48 bits per heavy atom. The lowest BCUT2D eigenvalue weighted by Crippen LogP contribution is -2.32. The second-order valence-corrected chi connectivity index (χ2v) is 5.95. The van der Waals surface area contributed by atoms with Crippen LogP contribution in [0.2, 0.25) is 0 Å². The molecule has 7 heteroatoms. The molecule has 0 radical (unpaired) electrons. The zero-order valence-corrected chi connectivity index (χ0v) is 13.5. The van der Waals surface area contributed by atoms with Gasteiger partial charge in [0, 0.05) is 18.7 Å². The average Bonchev–Trinajstić information content (AvgIpc) is 2.85. The first-order valence-corrected chi connectivity index (χ1v) is 7.68. The highest BCUT2D eigenvalue weighted by Crippen LogP contribution is 2.28. The number of carbonyl (C=O) groups excluding carboxylic acids is 1. The van der Waals surface area contributed by atoms with Gasteiger partial charge in [0.2, 0.25) is 0 Å². The predicted octanol–water partition coefficient (Wildman–Crippen LogP) is 2.78. The number of amides is 1. The summed E-state index contributed by atoms with van der Waals surface area (Å²) in [5.41, 5.74) is 0.406. The summed E-state index contributed by atoms with van der Waals surface area (Å²) in [6.45, 7) is 0.633. The highest BCUT2D eigenvalue weighted by Gasteiger charge is 2.31. The second kappa shape index (κ2) is 7.93. The Morgan fingerprint density at radius 1 is 1.22 bits per heavy atom. The molecule has 1 N–H and O–H groups in total. The molecule has 1 aromatic rings. The Morgan fingerprint density at radius 2 is 1.87 bits per heavy atom. The van der Waals surface area contributed by atoms with Gasteiger partial charge in [-0.25, -0.2) is 0 Å². The van der Waals surface area contributed by atoms with Gasteiger partial charge in [-0.3, -0.25) is 4.79 Å². The van der Waals surface area contributed by atoms with Gasteiger partial charge in [0.25, 0.3) is 5.91 Å². The molecule has 0 saturated carbocycles. The van der Waals surface area contributed by atoms with Gasteiger partial charge in [0.15, 0.2) is 0 Å². The number of likely N-dealkylation sites (tertiary alicyclic amines) is 1. The third kappa shape index (κ3) is 4.32. The minimum Gasteiger partial charge on any atom is -0.435 e. The van der Waals surface area contributed by atoms with Gasteiger partial charge in [-0.05, 0) is 56.0 Å². The molecule has 0 spiro atoms. The van der Waals surface area contributed by atoms with Crippen LogP contribution in [-0.4, -0.2) is 43.6 Å². The molecular formula is C16H21ClF2N2O2. The lowest BCUT2D eigenvalue weighted by molar-refractivity contribution is -0.0499. The van der Waals surface area contributed by atoms with E-state index in [1.807, 2.05) is 4.90 Å². The molecule has 0 aliphatic carbocycles. The van der Waals surface area contributed by atoms with E-state index in [2.05, 4.69) is 10.1 Å². The van der Waals surface area contributed by atoms with Crippen molar-refractivity contribution in [2.45, 2.75) is 19.5 Å². The maximum atomic E-state index is 12.6. The summed E-state index contributed by atoms with van der Waals surface area (Å²) < 4.78 is 28.9. The number of fused-ring (bicyclic) bond motifs is 1. The summed E-state index contributed by atoms with van der Waals surface area (Å²) in [7, 11) is 0. The van der Waals surface area contributed by atoms with Crippen LogP contribution in [0.25, 0.3) is 0 Å². The van der Waals surface area contributed by atoms with E-state index in [-0.39, 0.29) is 24.1 Å². The molecule has 2 saturated heterocycles. The van der Waals surface area contributed by atoms with Crippen molar-refractivity contribution in [1.29, 1.82) is 0 Å². The summed E-state index contributed by atoms with van der Waals surface area (Å²) in [6, 6.07) is 6.04. The molecule has 1 amide bonds. The lowest BCUT2D eigenvalue weighted by Gasteiger charge is -2.21. The van der Waals surface area contributed by atoms with E-state index in [4.69, 9.17) is 0 Å². The van der Waals surface area contributed by atoms with Crippen molar-refractivity contribution in [3.63, 3.8) is 0 Å². The van der Waals surface area contributed by atoms with E-state index in [0.717, 1.165) is 39.0 Å². The Bertz CT molecular complexity index is 531. The van der Waals surface area contributed by atoms with Crippen LogP contribution in [-0.2, 0) is 0 Å². The van der Waals surface area contributed by atoms with Crippen molar-refractivity contribution in [3.05, 3.63) is 29.8 Å². The zero-order valence-electron chi connectivity index (χ0n) is 12.7. The summed E-state index contributed by atoms with van der Waals surface area (Å²) in [4.78, 5) is 14.4. The minimum atomic E-state index is -2.88. The highest BCUT2D eigenvalue weighted by atomic mass is 35.5. The van der Waals surface area contributed by atoms with Gasteiger partial charge >= 0.3 is 6.61 Å². The van der Waals surface area contributed by atoms with Crippen molar-refractivity contribution < 1.29 is 18.3 Å². The average molecular weight is 347 g/mol.